The topological polar surface area (TPSA) is 34.2 Å². The summed E-state index contributed by atoms with van der Waals surface area (Å²) in [4.78, 5) is 4.20. The molecule has 0 saturated carbocycles. The summed E-state index contributed by atoms with van der Waals surface area (Å²) in [7, 11) is 3.61. The molecule has 94 valence electrons. The first kappa shape index (κ1) is 13.1. The standard InChI is InChI=1S/C14H15BrN2O/c1-16-14(11-6-12(15)9-17-8-11)10-4-3-5-13(7-10)18-2/h3-9,14,16H,1-2H3. The molecule has 18 heavy (non-hydrogen) atoms. The molecule has 1 aromatic carbocycles. The maximum absolute atomic E-state index is 5.26. The number of rotatable bonds is 4. The second-order valence-electron chi connectivity index (χ2n) is 3.93. The Labute approximate surface area is 115 Å². The van der Waals surface area contributed by atoms with E-state index >= 15 is 0 Å². The fourth-order valence-electron chi connectivity index (χ4n) is 1.93. The summed E-state index contributed by atoms with van der Waals surface area (Å²) in [5.74, 6) is 0.857. The van der Waals surface area contributed by atoms with Gasteiger partial charge in [-0.1, -0.05) is 12.1 Å². The minimum absolute atomic E-state index is 0.102. The molecule has 0 aliphatic carbocycles. The molecule has 1 atom stereocenters. The Balaban J connectivity index is 2.38. The zero-order valence-corrected chi connectivity index (χ0v) is 11.9. The molecule has 2 aromatic rings. The third-order valence-electron chi connectivity index (χ3n) is 2.78. The largest absolute Gasteiger partial charge is 0.497 e. The van der Waals surface area contributed by atoms with Crippen molar-refractivity contribution in [2.24, 2.45) is 0 Å². The number of pyridine rings is 1. The Morgan fingerprint density at radius 2 is 2.06 bits per heavy atom. The van der Waals surface area contributed by atoms with Gasteiger partial charge in [0.25, 0.3) is 0 Å². The van der Waals surface area contributed by atoms with Crippen molar-refractivity contribution in [3.8, 4) is 5.75 Å². The summed E-state index contributed by atoms with van der Waals surface area (Å²) >= 11 is 3.45. The van der Waals surface area contributed by atoms with Gasteiger partial charge in [0.15, 0.2) is 0 Å². The number of nitrogens with one attached hydrogen (secondary N) is 1. The predicted octanol–water partition coefficient (Wildman–Crippen LogP) is 3.16. The summed E-state index contributed by atoms with van der Waals surface area (Å²) in [5.41, 5.74) is 2.26. The van der Waals surface area contributed by atoms with Crippen molar-refractivity contribution >= 4 is 15.9 Å². The van der Waals surface area contributed by atoms with Crippen LogP contribution in [0.4, 0.5) is 0 Å². The number of hydrogen-bond acceptors (Lipinski definition) is 3. The number of halogens is 1. The highest BCUT2D eigenvalue weighted by molar-refractivity contribution is 9.10. The summed E-state index contributed by atoms with van der Waals surface area (Å²) in [6.45, 7) is 0. The summed E-state index contributed by atoms with van der Waals surface area (Å²) < 4.78 is 6.23. The van der Waals surface area contributed by atoms with E-state index < -0.39 is 0 Å². The molecule has 3 nitrogen and oxygen atoms in total. The van der Waals surface area contributed by atoms with Crippen LogP contribution in [0, 0.1) is 0 Å². The van der Waals surface area contributed by atoms with Crippen LogP contribution in [-0.2, 0) is 0 Å². The molecule has 0 aliphatic heterocycles. The van der Waals surface area contributed by atoms with Crippen LogP contribution in [0.15, 0.2) is 47.2 Å². The maximum atomic E-state index is 5.26. The van der Waals surface area contributed by atoms with Gasteiger partial charge in [0.1, 0.15) is 5.75 Å². The lowest BCUT2D eigenvalue weighted by Gasteiger charge is -2.17. The molecule has 1 unspecified atom stereocenters. The van der Waals surface area contributed by atoms with Crippen molar-refractivity contribution < 1.29 is 4.74 Å². The highest BCUT2D eigenvalue weighted by Crippen LogP contribution is 2.25. The number of benzene rings is 1. The Kier molecular flexibility index (Phi) is 4.33. The number of ether oxygens (including phenoxy) is 1. The van der Waals surface area contributed by atoms with Crippen LogP contribution in [0.25, 0.3) is 0 Å². The van der Waals surface area contributed by atoms with Gasteiger partial charge < -0.3 is 10.1 Å². The van der Waals surface area contributed by atoms with Crippen molar-refractivity contribution in [1.29, 1.82) is 0 Å². The van der Waals surface area contributed by atoms with Gasteiger partial charge in [0.2, 0.25) is 0 Å². The summed E-state index contributed by atoms with van der Waals surface area (Å²) in [6.07, 6.45) is 3.65. The Hall–Kier alpha value is -1.39. The lowest BCUT2D eigenvalue weighted by molar-refractivity contribution is 0.414. The second kappa shape index (κ2) is 5.98. The third kappa shape index (κ3) is 2.89. The van der Waals surface area contributed by atoms with Gasteiger partial charge >= 0.3 is 0 Å². The smallest absolute Gasteiger partial charge is 0.119 e. The minimum atomic E-state index is 0.102. The first-order valence-corrected chi connectivity index (χ1v) is 6.45. The van der Waals surface area contributed by atoms with Crippen LogP contribution in [0.3, 0.4) is 0 Å². The fourth-order valence-corrected chi connectivity index (χ4v) is 2.32. The van der Waals surface area contributed by atoms with Crippen molar-refractivity contribution in [3.63, 3.8) is 0 Å². The first-order chi connectivity index (χ1) is 8.74. The molecule has 0 aliphatic rings. The van der Waals surface area contributed by atoms with Crippen LogP contribution in [0.1, 0.15) is 17.2 Å². The van der Waals surface area contributed by atoms with Crippen molar-refractivity contribution in [1.82, 2.24) is 10.3 Å². The molecular formula is C14H15BrN2O. The van der Waals surface area contributed by atoms with E-state index in [1.165, 1.54) is 0 Å². The van der Waals surface area contributed by atoms with E-state index in [0.29, 0.717) is 0 Å². The van der Waals surface area contributed by atoms with Gasteiger partial charge in [0.05, 0.1) is 13.2 Å². The van der Waals surface area contributed by atoms with Crippen molar-refractivity contribution in [2.45, 2.75) is 6.04 Å². The molecule has 2 rings (SSSR count). The van der Waals surface area contributed by atoms with Gasteiger partial charge in [-0.2, -0.15) is 0 Å². The molecule has 0 amide bonds. The highest BCUT2D eigenvalue weighted by atomic mass is 79.9. The van der Waals surface area contributed by atoms with Crippen LogP contribution in [0.2, 0.25) is 0 Å². The van der Waals surface area contributed by atoms with E-state index in [-0.39, 0.29) is 6.04 Å². The highest BCUT2D eigenvalue weighted by Gasteiger charge is 2.13. The normalized spacial score (nSPS) is 12.2. The fraction of sp³-hybridized carbons (Fsp3) is 0.214. The Morgan fingerprint density at radius 3 is 2.72 bits per heavy atom. The average Bonchev–Trinajstić information content (AvgIpc) is 2.40. The number of methoxy groups -OCH3 is 1. The third-order valence-corrected chi connectivity index (χ3v) is 3.21. The summed E-state index contributed by atoms with van der Waals surface area (Å²) in [6, 6.07) is 10.2. The van der Waals surface area contributed by atoms with Gasteiger partial charge in [-0.3, -0.25) is 4.98 Å². The van der Waals surface area contributed by atoms with Crippen LogP contribution < -0.4 is 10.1 Å². The van der Waals surface area contributed by atoms with Crippen molar-refractivity contribution in [3.05, 3.63) is 58.3 Å². The molecule has 0 fully saturated rings. The van der Waals surface area contributed by atoms with Crippen molar-refractivity contribution in [2.75, 3.05) is 14.2 Å². The van der Waals surface area contributed by atoms with E-state index in [2.05, 4.69) is 38.4 Å². The molecule has 1 N–H and O–H groups in total. The molecule has 0 spiro atoms. The molecule has 0 bridgehead atoms. The zero-order chi connectivity index (χ0) is 13.0. The predicted molar refractivity (Wildman–Crippen MR) is 75.8 cm³/mol. The Bertz CT molecular complexity index is 531. The monoisotopic (exact) mass is 306 g/mol. The molecule has 1 heterocycles. The van der Waals surface area contributed by atoms with Gasteiger partial charge in [-0.05, 0) is 52.3 Å². The SMILES string of the molecule is CNC(c1cncc(Br)c1)c1cccc(OC)c1. The number of hydrogen-bond donors (Lipinski definition) is 1. The number of nitrogens with zero attached hydrogens (tertiary/aromatic N) is 1. The molecule has 0 radical (unpaired) electrons. The van der Waals surface area contributed by atoms with Crippen LogP contribution in [0.5, 0.6) is 5.75 Å². The number of aromatic nitrogens is 1. The van der Waals surface area contributed by atoms with Crippen LogP contribution in [-0.4, -0.2) is 19.1 Å². The van der Waals surface area contributed by atoms with Gasteiger partial charge in [0, 0.05) is 16.9 Å². The average molecular weight is 307 g/mol. The zero-order valence-electron chi connectivity index (χ0n) is 10.4. The second-order valence-corrected chi connectivity index (χ2v) is 4.85. The van der Waals surface area contributed by atoms with E-state index in [1.807, 2.05) is 31.4 Å². The van der Waals surface area contributed by atoms with E-state index in [4.69, 9.17) is 4.74 Å². The van der Waals surface area contributed by atoms with E-state index in [1.54, 1.807) is 13.3 Å². The maximum Gasteiger partial charge on any atom is 0.119 e. The summed E-state index contributed by atoms with van der Waals surface area (Å²) in [5, 5.41) is 3.30. The molecule has 4 heteroatoms. The Morgan fingerprint density at radius 1 is 1.22 bits per heavy atom. The van der Waals surface area contributed by atoms with Gasteiger partial charge in [-0.15, -0.1) is 0 Å². The van der Waals surface area contributed by atoms with E-state index in [0.717, 1.165) is 21.3 Å². The quantitative estimate of drug-likeness (QED) is 0.942. The molecule has 0 saturated heterocycles. The first-order valence-electron chi connectivity index (χ1n) is 5.66. The molecule has 1 aromatic heterocycles. The molecular weight excluding hydrogens is 292 g/mol. The van der Waals surface area contributed by atoms with E-state index in [9.17, 15) is 0 Å². The minimum Gasteiger partial charge on any atom is -0.497 e. The lowest BCUT2D eigenvalue weighted by Crippen LogP contribution is -2.17. The van der Waals surface area contributed by atoms with Gasteiger partial charge in [-0.25, -0.2) is 0 Å². The van der Waals surface area contributed by atoms with Crippen LogP contribution >= 0.6 is 15.9 Å². The lowest BCUT2D eigenvalue weighted by atomic mass is 10.0.